The predicted molar refractivity (Wildman–Crippen MR) is 139 cm³/mol. The van der Waals surface area contributed by atoms with Crippen LogP contribution in [0.5, 0.6) is 0 Å². The first kappa shape index (κ1) is 27.6. The minimum atomic E-state index is -0.911. The second-order valence-corrected chi connectivity index (χ2v) is 12.0. The molecule has 3 saturated carbocycles. The highest BCUT2D eigenvalue weighted by Crippen LogP contribution is 2.60. The number of ether oxygens (including phenoxy) is 1. The smallest absolute Gasteiger partial charge is 0.114 e. The van der Waals surface area contributed by atoms with E-state index in [1.165, 1.54) is 44.9 Å². The van der Waals surface area contributed by atoms with Gasteiger partial charge in [-0.25, -0.2) is 0 Å². The van der Waals surface area contributed by atoms with Crippen molar-refractivity contribution in [1.82, 2.24) is 0 Å². The van der Waals surface area contributed by atoms with Crippen molar-refractivity contribution in [3.05, 3.63) is 35.5 Å². The summed E-state index contributed by atoms with van der Waals surface area (Å²) in [4.78, 5) is 0. The van der Waals surface area contributed by atoms with Crippen LogP contribution in [-0.4, -0.2) is 46.8 Å². The second kappa shape index (κ2) is 12.3. The number of aliphatic hydroxyl groups excluding tert-OH is 3. The lowest BCUT2D eigenvalue weighted by Gasteiger charge is -2.44. The maximum Gasteiger partial charge on any atom is 0.114 e. The topological polar surface area (TPSA) is 69.9 Å². The summed E-state index contributed by atoms with van der Waals surface area (Å²) >= 11 is 0. The lowest BCUT2D eigenvalue weighted by Crippen LogP contribution is -2.45. The quantitative estimate of drug-likeness (QED) is 0.341. The van der Waals surface area contributed by atoms with Gasteiger partial charge in [-0.15, -0.1) is 0 Å². The van der Waals surface area contributed by atoms with Crippen LogP contribution >= 0.6 is 0 Å². The van der Waals surface area contributed by atoms with Crippen LogP contribution in [0.2, 0.25) is 0 Å². The monoisotopic (exact) mass is 474 g/mol. The molecule has 3 aliphatic carbocycles. The van der Waals surface area contributed by atoms with Crippen LogP contribution < -0.4 is 0 Å². The number of rotatable bonds is 10. The van der Waals surface area contributed by atoms with E-state index in [4.69, 9.17) is 9.84 Å². The Labute approximate surface area is 208 Å². The van der Waals surface area contributed by atoms with E-state index >= 15 is 0 Å². The van der Waals surface area contributed by atoms with E-state index in [1.54, 1.807) is 5.57 Å². The highest BCUT2D eigenvalue weighted by Gasteiger charge is 2.50. The van der Waals surface area contributed by atoms with E-state index in [2.05, 4.69) is 46.4 Å². The summed E-state index contributed by atoms with van der Waals surface area (Å²) in [6.07, 6.45) is 13.4. The standard InChI is InChI=1S/C30H50O4/c1-20(2)9-6-10-21(3)25-14-15-26-23(11-7-16-30(25,26)5)12-13-24-19-27(32)29(28(33)22(24)4)34-18-8-17-31/h12-13,20-21,25-29,31-33H,4,6-11,14-19H2,1-3,5H3/b23-12+,24-13+/t21-,25-,26+,27-,28+,29-,30-/m1/s1. The molecule has 0 saturated heterocycles. The Hall–Kier alpha value is -0.940. The minimum absolute atomic E-state index is 0.0379. The number of allylic oxidation sites excluding steroid dienone is 3. The molecule has 7 atom stereocenters. The number of hydrogen-bond acceptors (Lipinski definition) is 4. The molecule has 0 spiro atoms. The molecule has 0 radical (unpaired) electrons. The van der Waals surface area contributed by atoms with Crippen LogP contribution in [-0.2, 0) is 4.74 Å². The van der Waals surface area contributed by atoms with Gasteiger partial charge in [0, 0.05) is 19.6 Å². The number of fused-ring (bicyclic) bond motifs is 1. The van der Waals surface area contributed by atoms with Crippen molar-refractivity contribution in [1.29, 1.82) is 0 Å². The largest absolute Gasteiger partial charge is 0.396 e. The van der Waals surface area contributed by atoms with Crippen LogP contribution in [0.4, 0.5) is 0 Å². The first-order chi connectivity index (χ1) is 16.2. The number of hydrogen-bond donors (Lipinski definition) is 3. The Bertz CT molecular complexity index is 738. The molecule has 0 aromatic heterocycles. The molecule has 0 aliphatic heterocycles. The van der Waals surface area contributed by atoms with Crippen LogP contribution in [0.25, 0.3) is 0 Å². The fraction of sp³-hybridized carbons (Fsp3) is 0.800. The summed E-state index contributed by atoms with van der Waals surface area (Å²) in [6.45, 7) is 14.2. The molecular weight excluding hydrogens is 424 g/mol. The molecule has 0 amide bonds. The predicted octanol–water partition coefficient (Wildman–Crippen LogP) is 5.97. The molecule has 34 heavy (non-hydrogen) atoms. The van der Waals surface area contributed by atoms with Crippen LogP contribution in [0.15, 0.2) is 35.5 Å². The Balaban J connectivity index is 1.68. The zero-order valence-electron chi connectivity index (χ0n) is 22.1. The van der Waals surface area contributed by atoms with Crippen molar-refractivity contribution in [3.8, 4) is 0 Å². The van der Waals surface area contributed by atoms with E-state index in [0.29, 0.717) is 36.4 Å². The maximum atomic E-state index is 10.7. The lowest BCUT2D eigenvalue weighted by molar-refractivity contribution is -0.0968. The fourth-order valence-electron chi connectivity index (χ4n) is 7.20. The molecule has 4 heteroatoms. The van der Waals surface area contributed by atoms with Gasteiger partial charge in [0.05, 0.1) is 6.10 Å². The molecule has 0 unspecified atom stereocenters. The zero-order valence-corrected chi connectivity index (χ0v) is 22.1. The normalized spacial score (nSPS) is 37.5. The Morgan fingerprint density at radius 3 is 2.59 bits per heavy atom. The van der Waals surface area contributed by atoms with Crippen molar-refractivity contribution < 1.29 is 20.1 Å². The SMILES string of the molecule is C=C1/C(=C/C=C2\CCC[C@]3(C)[C@@H]([C@H](C)CCCC(C)C)CC[C@@H]23)C[C@@H](O)[C@@H](OCCCO)[C@H]1O. The van der Waals surface area contributed by atoms with Gasteiger partial charge in [0.25, 0.3) is 0 Å². The van der Waals surface area contributed by atoms with E-state index in [-0.39, 0.29) is 6.61 Å². The summed E-state index contributed by atoms with van der Waals surface area (Å²) < 4.78 is 5.64. The molecule has 4 nitrogen and oxygen atoms in total. The van der Waals surface area contributed by atoms with Gasteiger partial charge in [-0.05, 0) is 78.8 Å². The molecule has 0 aromatic rings. The first-order valence-corrected chi connectivity index (χ1v) is 13.9. The number of aliphatic hydroxyl groups is 3. The molecule has 3 aliphatic rings. The third-order valence-electron chi connectivity index (χ3n) is 9.17. The van der Waals surface area contributed by atoms with Gasteiger partial charge in [0.1, 0.15) is 12.2 Å². The van der Waals surface area contributed by atoms with Gasteiger partial charge in [-0.1, -0.05) is 71.3 Å². The first-order valence-electron chi connectivity index (χ1n) is 13.9. The van der Waals surface area contributed by atoms with E-state index in [9.17, 15) is 10.2 Å². The van der Waals surface area contributed by atoms with Crippen molar-refractivity contribution in [2.24, 2.45) is 29.1 Å². The van der Waals surface area contributed by atoms with E-state index < -0.39 is 18.3 Å². The molecule has 3 rings (SSSR count). The zero-order chi connectivity index (χ0) is 24.9. The third-order valence-corrected chi connectivity index (χ3v) is 9.17. The second-order valence-electron chi connectivity index (χ2n) is 12.0. The van der Waals surface area contributed by atoms with Crippen molar-refractivity contribution in [2.75, 3.05) is 13.2 Å². The Morgan fingerprint density at radius 2 is 1.88 bits per heavy atom. The molecule has 0 aromatic carbocycles. The van der Waals surface area contributed by atoms with Gasteiger partial charge in [-0.2, -0.15) is 0 Å². The molecule has 194 valence electrons. The van der Waals surface area contributed by atoms with Crippen molar-refractivity contribution >= 4 is 0 Å². The fourth-order valence-corrected chi connectivity index (χ4v) is 7.20. The highest BCUT2D eigenvalue weighted by molar-refractivity contribution is 5.40. The highest BCUT2D eigenvalue weighted by atomic mass is 16.5. The van der Waals surface area contributed by atoms with Gasteiger partial charge >= 0.3 is 0 Å². The van der Waals surface area contributed by atoms with Gasteiger partial charge in [0.2, 0.25) is 0 Å². The summed E-state index contributed by atoms with van der Waals surface area (Å²) in [7, 11) is 0. The Morgan fingerprint density at radius 1 is 1.12 bits per heavy atom. The van der Waals surface area contributed by atoms with Crippen molar-refractivity contribution in [2.45, 2.75) is 110 Å². The van der Waals surface area contributed by atoms with Crippen molar-refractivity contribution in [3.63, 3.8) is 0 Å². The molecule has 0 heterocycles. The minimum Gasteiger partial charge on any atom is -0.396 e. The summed E-state index contributed by atoms with van der Waals surface area (Å²) in [5.41, 5.74) is 3.53. The molecule has 0 bridgehead atoms. The summed E-state index contributed by atoms with van der Waals surface area (Å²) in [6, 6.07) is 0. The molecular formula is C30H50O4. The Kier molecular flexibility index (Phi) is 10.0. The average molecular weight is 475 g/mol. The average Bonchev–Trinajstić information content (AvgIpc) is 3.15. The summed E-state index contributed by atoms with van der Waals surface area (Å²) in [5, 5.41) is 30.3. The van der Waals surface area contributed by atoms with Crippen LogP contribution in [0.1, 0.15) is 91.9 Å². The molecule has 3 fully saturated rings. The van der Waals surface area contributed by atoms with Crippen LogP contribution in [0, 0.1) is 29.1 Å². The lowest BCUT2D eigenvalue weighted by atomic mass is 9.60. The van der Waals surface area contributed by atoms with Crippen LogP contribution in [0.3, 0.4) is 0 Å². The van der Waals surface area contributed by atoms with E-state index in [0.717, 1.165) is 29.7 Å². The maximum absolute atomic E-state index is 10.7. The molecule has 3 N–H and O–H groups in total. The third kappa shape index (κ3) is 6.24. The van der Waals surface area contributed by atoms with Gasteiger partial charge < -0.3 is 20.1 Å². The van der Waals surface area contributed by atoms with E-state index in [1.807, 2.05) is 0 Å². The summed E-state index contributed by atoms with van der Waals surface area (Å²) in [5.74, 6) is 3.05. The van der Waals surface area contributed by atoms with Gasteiger partial charge in [-0.3, -0.25) is 0 Å². The van der Waals surface area contributed by atoms with Gasteiger partial charge in [0.15, 0.2) is 0 Å².